The summed E-state index contributed by atoms with van der Waals surface area (Å²) >= 11 is 5.30. The summed E-state index contributed by atoms with van der Waals surface area (Å²) in [7, 11) is 0. The summed E-state index contributed by atoms with van der Waals surface area (Å²) in [5, 5.41) is 6.80. The molecular weight excluding hydrogens is 466 g/mol. The van der Waals surface area contributed by atoms with Gasteiger partial charge in [-0.15, -0.1) is 0 Å². The summed E-state index contributed by atoms with van der Waals surface area (Å²) < 4.78 is 10.8. The lowest BCUT2D eigenvalue weighted by Gasteiger charge is -2.29. The molecule has 5 nitrogen and oxygen atoms in total. The molecule has 0 aliphatic rings. The van der Waals surface area contributed by atoms with E-state index >= 15 is 0 Å². The number of thiocarbonyl (C=S) groups is 1. The number of hydrogen-bond acceptors (Lipinski definition) is 4. The molecule has 0 spiro atoms. The van der Waals surface area contributed by atoms with E-state index in [-0.39, 0.29) is 5.54 Å². The van der Waals surface area contributed by atoms with Crippen molar-refractivity contribution in [2.24, 2.45) is 5.73 Å². The fraction of sp³-hybridized carbons (Fsp3) is 0.567. The molecule has 0 aromatic heterocycles. The van der Waals surface area contributed by atoms with E-state index < -0.39 is 0 Å². The van der Waals surface area contributed by atoms with Gasteiger partial charge in [0.2, 0.25) is 0 Å². The van der Waals surface area contributed by atoms with Crippen molar-refractivity contribution < 1.29 is 9.47 Å². The number of anilines is 2. The Labute approximate surface area is 225 Å². The van der Waals surface area contributed by atoms with Crippen LogP contribution < -0.4 is 25.8 Å². The molecule has 202 valence electrons. The zero-order chi connectivity index (χ0) is 26.7. The third-order valence-corrected chi connectivity index (χ3v) is 6.14. The zero-order valence-corrected chi connectivity index (χ0v) is 24.0. The molecule has 0 bridgehead atoms. The van der Waals surface area contributed by atoms with E-state index in [0.717, 1.165) is 22.9 Å². The van der Waals surface area contributed by atoms with Gasteiger partial charge in [0.05, 0.1) is 13.2 Å². The standard InChI is InChI=1S/C17H20N2O2S.C13H29N/c1-3-20-15-9-5-13(6-10-15)18-17(22)19-14-7-11-16(12-8-14)21-4-2;1-4-7-10-13(14,11-8-5-2)12-9-6-3/h5-12H,3-4H2,1-2H3,(H2,18,19,22);4-12,14H2,1-3H3. The average molecular weight is 516 g/mol. The first-order chi connectivity index (χ1) is 17.4. The minimum absolute atomic E-state index is 0.155. The third kappa shape index (κ3) is 13.7. The van der Waals surface area contributed by atoms with Crippen LogP contribution in [0.15, 0.2) is 48.5 Å². The molecule has 0 unspecified atom stereocenters. The van der Waals surface area contributed by atoms with Gasteiger partial charge in [-0.1, -0.05) is 59.3 Å². The number of nitrogens with one attached hydrogen (secondary N) is 2. The van der Waals surface area contributed by atoms with Gasteiger partial charge in [-0.25, -0.2) is 0 Å². The molecule has 6 heteroatoms. The van der Waals surface area contributed by atoms with Gasteiger partial charge in [0.15, 0.2) is 5.11 Å². The van der Waals surface area contributed by atoms with Gasteiger partial charge < -0.3 is 25.8 Å². The highest BCUT2D eigenvalue weighted by Gasteiger charge is 2.22. The van der Waals surface area contributed by atoms with E-state index in [0.29, 0.717) is 18.3 Å². The quantitative estimate of drug-likeness (QED) is 0.206. The van der Waals surface area contributed by atoms with E-state index in [9.17, 15) is 0 Å². The number of hydrogen-bond donors (Lipinski definition) is 3. The van der Waals surface area contributed by atoms with Crippen molar-refractivity contribution in [3.63, 3.8) is 0 Å². The van der Waals surface area contributed by atoms with Gasteiger partial charge in [0, 0.05) is 16.9 Å². The number of rotatable bonds is 15. The maximum atomic E-state index is 6.46. The fourth-order valence-corrected chi connectivity index (χ4v) is 4.09. The predicted molar refractivity (Wildman–Crippen MR) is 161 cm³/mol. The van der Waals surface area contributed by atoms with Crippen LogP contribution in [0.1, 0.15) is 92.4 Å². The van der Waals surface area contributed by atoms with Gasteiger partial charge in [-0.2, -0.15) is 0 Å². The number of nitrogens with two attached hydrogens (primary N) is 1. The Kier molecular flexibility index (Phi) is 16.6. The molecule has 2 aromatic rings. The van der Waals surface area contributed by atoms with Gasteiger partial charge in [0.25, 0.3) is 0 Å². The molecule has 0 aliphatic heterocycles. The Bertz CT molecular complexity index is 750. The normalized spacial score (nSPS) is 10.7. The van der Waals surface area contributed by atoms with Crippen LogP contribution in [-0.2, 0) is 0 Å². The minimum atomic E-state index is 0.155. The Morgan fingerprint density at radius 2 is 1.00 bits per heavy atom. The van der Waals surface area contributed by atoms with Crippen LogP contribution in [0.3, 0.4) is 0 Å². The molecule has 0 radical (unpaired) electrons. The monoisotopic (exact) mass is 515 g/mol. The van der Waals surface area contributed by atoms with Crippen LogP contribution >= 0.6 is 12.2 Å². The second-order valence-electron chi connectivity index (χ2n) is 9.17. The highest BCUT2D eigenvalue weighted by Crippen LogP contribution is 2.24. The molecule has 36 heavy (non-hydrogen) atoms. The summed E-state index contributed by atoms with van der Waals surface area (Å²) in [5.41, 5.74) is 8.43. The van der Waals surface area contributed by atoms with E-state index in [1.165, 1.54) is 57.8 Å². The lowest BCUT2D eigenvalue weighted by Crippen LogP contribution is -2.39. The molecule has 0 heterocycles. The number of unbranched alkanes of at least 4 members (excludes halogenated alkanes) is 3. The Balaban J connectivity index is 0.000000402. The summed E-state index contributed by atoms with van der Waals surface area (Å²) in [4.78, 5) is 0. The molecule has 0 saturated carbocycles. The summed E-state index contributed by atoms with van der Waals surface area (Å²) in [6.45, 7) is 12.0. The van der Waals surface area contributed by atoms with E-state index in [4.69, 9.17) is 27.4 Å². The van der Waals surface area contributed by atoms with Crippen molar-refractivity contribution in [3.8, 4) is 11.5 Å². The second-order valence-corrected chi connectivity index (χ2v) is 9.58. The fourth-order valence-electron chi connectivity index (χ4n) is 3.86. The van der Waals surface area contributed by atoms with Crippen LogP contribution in [0.5, 0.6) is 11.5 Å². The van der Waals surface area contributed by atoms with Gasteiger partial charge in [-0.05, 0) is 93.9 Å². The van der Waals surface area contributed by atoms with E-state index in [1.807, 2.05) is 62.4 Å². The molecule has 0 aliphatic carbocycles. The van der Waals surface area contributed by atoms with Crippen LogP contribution in [0, 0.1) is 0 Å². The van der Waals surface area contributed by atoms with Crippen molar-refractivity contribution in [3.05, 3.63) is 48.5 Å². The number of ether oxygens (including phenoxy) is 2. The minimum Gasteiger partial charge on any atom is -0.494 e. The zero-order valence-electron chi connectivity index (χ0n) is 23.2. The maximum Gasteiger partial charge on any atom is 0.175 e. The molecule has 0 atom stereocenters. The first-order valence-electron chi connectivity index (χ1n) is 13.7. The van der Waals surface area contributed by atoms with Crippen molar-refractivity contribution in [1.29, 1.82) is 0 Å². The van der Waals surface area contributed by atoms with Crippen molar-refractivity contribution in [2.75, 3.05) is 23.8 Å². The van der Waals surface area contributed by atoms with Crippen LogP contribution in [-0.4, -0.2) is 23.9 Å². The van der Waals surface area contributed by atoms with Gasteiger partial charge in [-0.3, -0.25) is 0 Å². The first kappa shape index (κ1) is 31.7. The van der Waals surface area contributed by atoms with Crippen molar-refractivity contribution >= 4 is 28.7 Å². The molecule has 0 saturated heterocycles. The molecular formula is C30H49N3O2S. The number of benzene rings is 2. The predicted octanol–water partition coefficient (Wildman–Crippen LogP) is 8.55. The molecule has 0 amide bonds. The average Bonchev–Trinajstić information content (AvgIpc) is 2.88. The highest BCUT2D eigenvalue weighted by atomic mass is 32.1. The van der Waals surface area contributed by atoms with Crippen LogP contribution in [0.2, 0.25) is 0 Å². The van der Waals surface area contributed by atoms with Gasteiger partial charge >= 0.3 is 0 Å². The Morgan fingerprint density at radius 3 is 1.28 bits per heavy atom. The SMILES string of the molecule is CCCCC(N)(CCCC)CCCC.CCOc1ccc(NC(=S)Nc2ccc(OCC)cc2)cc1. The topological polar surface area (TPSA) is 68.5 Å². The molecule has 0 fully saturated rings. The molecule has 2 rings (SSSR count). The first-order valence-corrected chi connectivity index (χ1v) is 14.1. The van der Waals surface area contributed by atoms with Crippen molar-refractivity contribution in [2.45, 2.75) is 97.9 Å². The Morgan fingerprint density at radius 1 is 0.667 bits per heavy atom. The van der Waals surface area contributed by atoms with Crippen molar-refractivity contribution in [1.82, 2.24) is 0 Å². The van der Waals surface area contributed by atoms with Gasteiger partial charge in [0.1, 0.15) is 11.5 Å². The lowest BCUT2D eigenvalue weighted by atomic mass is 9.84. The largest absolute Gasteiger partial charge is 0.494 e. The lowest BCUT2D eigenvalue weighted by molar-refractivity contribution is 0.313. The van der Waals surface area contributed by atoms with E-state index in [1.54, 1.807) is 0 Å². The highest BCUT2D eigenvalue weighted by molar-refractivity contribution is 7.80. The summed E-state index contributed by atoms with van der Waals surface area (Å²) in [6.07, 6.45) is 11.4. The molecule has 4 N–H and O–H groups in total. The smallest absolute Gasteiger partial charge is 0.175 e. The Hall–Kier alpha value is -2.31. The third-order valence-electron chi connectivity index (χ3n) is 5.93. The van der Waals surface area contributed by atoms with E-state index in [2.05, 4.69) is 31.4 Å². The van der Waals surface area contributed by atoms with Crippen LogP contribution in [0.4, 0.5) is 11.4 Å². The second kappa shape index (κ2) is 18.9. The molecule has 2 aromatic carbocycles. The maximum absolute atomic E-state index is 6.46. The van der Waals surface area contributed by atoms with Crippen LogP contribution in [0.25, 0.3) is 0 Å². The summed E-state index contributed by atoms with van der Waals surface area (Å²) in [6, 6.07) is 15.3. The summed E-state index contributed by atoms with van der Waals surface area (Å²) in [5.74, 6) is 1.69.